The van der Waals surface area contributed by atoms with E-state index >= 15 is 0 Å². The Kier molecular flexibility index (Phi) is 5.34. The van der Waals surface area contributed by atoms with Gasteiger partial charge in [-0.1, -0.05) is 13.3 Å². The molecule has 0 amide bonds. The van der Waals surface area contributed by atoms with Gasteiger partial charge in [0.1, 0.15) is 6.54 Å². The standard InChI is InChI=1S/C16H16F6N2O/c1-2-3-6-24(9-15(17,18)19)10-4-5-13-11(7-10)12(16(20,21)22)8-14(25)23-13/h4-5,7-8H,2-3,6,9H2,1H3,(H,23,25). The fraction of sp³-hybridized carbons (Fsp3) is 0.438. The summed E-state index contributed by atoms with van der Waals surface area (Å²) in [5, 5.41) is -0.340. The Morgan fingerprint density at radius 1 is 1.08 bits per heavy atom. The molecule has 2 aromatic rings. The van der Waals surface area contributed by atoms with E-state index in [0.29, 0.717) is 18.9 Å². The van der Waals surface area contributed by atoms with Crippen LogP contribution in [0.15, 0.2) is 29.1 Å². The van der Waals surface area contributed by atoms with Crippen molar-refractivity contribution in [3.63, 3.8) is 0 Å². The third-order valence-electron chi connectivity index (χ3n) is 3.65. The minimum Gasteiger partial charge on any atom is -0.363 e. The van der Waals surface area contributed by atoms with Crippen molar-refractivity contribution in [3.05, 3.63) is 40.2 Å². The number of alkyl halides is 6. The molecule has 0 bridgehead atoms. The van der Waals surface area contributed by atoms with Gasteiger partial charge in [0.05, 0.1) is 5.56 Å². The van der Waals surface area contributed by atoms with Gasteiger partial charge in [0.2, 0.25) is 5.56 Å². The van der Waals surface area contributed by atoms with Gasteiger partial charge in [-0.05, 0) is 24.6 Å². The Morgan fingerprint density at radius 3 is 2.32 bits per heavy atom. The molecule has 1 heterocycles. The van der Waals surface area contributed by atoms with E-state index in [-0.39, 0.29) is 23.1 Å². The van der Waals surface area contributed by atoms with E-state index in [1.54, 1.807) is 6.92 Å². The minimum atomic E-state index is -4.79. The van der Waals surface area contributed by atoms with Gasteiger partial charge in [0.15, 0.2) is 0 Å². The van der Waals surface area contributed by atoms with E-state index in [1.807, 2.05) is 0 Å². The summed E-state index contributed by atoms with van der Waals surface area (Å²) in [6, 6.07) is 3.91. The molecule has 0 saturated carbocycles. The molecule has 1 aromatic heterocycles. The Balaban J connectivity index is 2.57. The second kappa shape index (κ2) is 6.97. The Bertz CT molecular complexity index is 794. The molecule has 9 heteroatoms. The van der Waals surface area contributed by atoms with E-state index in [0.717, 1.165) is 11.0 Å². The fourth-order valence-corrected chi connectivity index (χ4v) is 2.54. The number of aromatic nitrogens is 1. The smallest absolute Gasteiger partial charge is 0.363 e. The first kappa shape index (κ1) is 19.1. The van der Waals surface area contributed by atoms with Crippen LogP contribution in [0.1, 0.15) is 25.3 Å². The predicted octanol–water partition coefficient (Wildman–Crippen LogP) is 4.72. The number of pyridine rings is 1. The molecule has 0 fully saturated rings. The second-order valence-corrected chi connectivity index (χ2v) is 5.67. The number of aromatic amines is 1. The molecule has 0 saturated heterocycles. The lowest BCUT2D eigenvalue weighted by Crippen LogP contribution is -2.35. The number of fused-ring (bicyclic) bond motifs is 1. The molecule has 0 aliphatic carbocycles. The SMILES string of the molecule is CCCCN(CC(F)(F)F)c1ccc2[nH]c(=O)cc(C(F)(F)F)c2c1. The van der Waals surface area contributed by atoms with Gasteiger partial charge < -0.3 is 9.88 Å². The van der Waals surface area contributed by atoms with Crippen LogP contribution >= 0.6 is 0 Å². The van der Waals surface area contributed by atoms with Crippen molar-refractivity contribution in [1.82, 2.24) is 4.98 Å². The number of H-pyrrole nitrogens is 1. The average Bonchev–Trinajstić information content (AvgIpc) is 2.48. The monoisotopic (exact) mass is 366 g/mol. The third-order valence-corrected chi connectivity index (χ3v) is 3.65. The summed E-state index contributed by atoms with van der Waals surface area (Å²) in [7, 11) is 0. The zero-order valence-corrected chi connectivity index (χ0v) is 13.3. The summed E-state index contributed by atoms with van der Waals surface area (Å²) in [6.45, 7) is 0.605. The first-order valence-electron chi connectivity index (χ1n) is 7.57. The second-order valence-electron chi connectivity index (χ2n) is 5.67. The summed E-state index contributed by atoms with van der Waals surface area (Å²) < 4.78 is 77.8. The van der Waals surface area contributed by atoms with E-state index in [1.165, 1.54) is 12.1 Å². The maximum atomic E-state index is 13.2. The quantitative estimate of drug-likeness (QED) is 0.778. The number of nitrogens with zero attached hydrogens (tertiary/aromatic N) is 1. The number of hydrogen-bond donors (Lipinski definition) is 1. The Morgan fingerprint density at radius 2 is 1.76 bits per heavy atom. The van der Waals surface area contributed by atoms with E-state index in [2.05, 4.69) is 4.98 Å². The largest absolute Gasteiger partial charge is 0.417 e. The van der Waals surface area contributed by atoms with Gasteiger partial charge in [-0.2, -0.15) is 26.3 Å². The molecule has 0 aliphatic rings. The van der Waals surface area contributed by atoms with E-state index in [4.69, 9.17) is 0 Å². The number of halogens is 6. The highest BCUT2D eigenvalue weighted by molar-refractivity contribution is 5.86. The number of anilines is 1. The summed E-state index contributed by atoms with van der Waals surface area (Å²) in [5.41, 5.74) is -2.15. The summed E-state index contributed by atoms with van der Waals surface area (Å²) in [6.07, 6.45) is -8.17. The normalized spacial score (nSPS) is 12.6. The summed E-state index contributed by atoms with van der Waals surface area (Å²) >= 11 is 0. The Labute approximate surface area is 139 Å². The summed E-state index contributed by atoms with van der Waals surface area (Å²) in [5.74, 6) is 0. The van der Waals surface area contributed by atoms with Crippen LogP contribution in [-0.2, 0) is 6.18 Å². The highest BCUT2D eigenvalue weighted by Crippen LogP contribution is 2.35. The molecule has 1 aromatic carbocycles. The van der Waals surface area contributed by atoms with Gasteiger partial charge in [0.25, 0.3) is 0 Å². The lowest BCUT2D eigenvalue weighted by atomic mass is 10.1. The molecular formula is C16H16F6N2O. The van der Waals surface area contributed by atoms with E-state index < -0.39 is 30.0 Å². The number of nitrogens with one attached hydrogen (secondary N) is 1. The zero-order chi connectivity index (χ0) is 18.8. The minimum absolute atomic E-state index is 0.0239. The molecule has 138 valence electrons. The van der Waals surface area contributed by atoms with Gasteiger partial charge in [0, 0.05) is 29.2 Å². The first-order valence-corrected chi connectivity index (χ1v) is 7.57. The molecule has 25 heavy (non-hydrogen) atoms. The molecule has 3 nitrogen and oxygen atoms in total. The van der Waals surface area contributed by atoms with Crippen molar-refractivity contribution in [3.8, 4) is 0 Å². The lowest BCUT2D eigenvalue weighted by molar-refractivity contribution is -0.136. The average molecular weight is 366 g/mol. The Hall–Kier alpha value is -2.19. The van der Waals surface area contributed by atoms with Crippen LogP contribution < -0.4 is 10.5 Å². The van der Waals surface area contributed by atoms with Crippen LogP contribution in [0.3, 0.4) is 0 Å². The number of unbranched alkanes of at least 4 members (excludes halogenated alkanes) is 1. The van der Waals surface area contributed by atoms with Gasteiger partial charge in [-0.15, -0.1) is 0 Å². The molecule has 0 unspecified atom stereocenters. The highest BCUT2D eigenvalue weighted by atomic mass is 19.4. The van der Waals surface area contributed by atoms with Crippen molar-refractivity contribution in [2.75, 3.05) is 18.0 Å². The van der Waals surface area contributed by atoms with Crippen LogP contribution in [0.2, 0.25) is 0 Å². The number of rotatable bonds is 5. The van der Waals surface area contributed by atoms with Crippen molar-refractivity contribution in [2.24, 2.45) is 0 Å². The maximum Gasteiger partial charge on any atom is 0.417 e. The van der Waals surface area contributed by atoms with Gasteiger partial charge >= 0.3 is 12.4 Å². The molecule has 0 spiro atoms. The zero-order valence-electron chi connectivity index (χ0n) is 13.3. The molecule has 0 atom stereocenters. The van der Waals surface area contributed by atoms with Gasteiger partial charge in [-0.3, -0.25) is 4.79 Å². The molecule has 1 N–H and O–H groups in total. The highest BCUT2D eigenvalue weighted by Gasteiger charge is 2.34. The summed E-state index contributed by atoms with van der Waals surface area (Å²) in [4.78, 5) is 14.6. The van der Waals surface area contributed by atoms with Crippen molar-refractivity contribution in [1.29, 1.82) is 0 Å². The fourth-order valence-electron chi connectivity index (χ4n) is 2.54. The number of hydrogen-bond acceptors (Lipinski definition) is 2. The molecular weight excluding hydrogens is 350 g/mol. The van der Waals surface area contributed by atoms with Crippen LogP contribution in [0.25, 0.3) is 10.9 Å². The topological polar surface area (TPSA) is 36.1 Å². The molecule has 0 aliphatic heterocycles. The predicted molar refractivity (Wildman–Crippen MR) is 82.7 cm³/mol. The van der Waals surface area contributed by atoms with Crippen molar-refractivity contribution >= 4 is 16.6 Å². The van der Waals surface area contributed by atoms with Crippen molar-refractivity contribution < 1.29 is 26.3 Å². The molecule has 2 rings (SSSR count). The maximum absolute atomic E-state index is 13.2. The number of benzene rings is 1. The first-order chi connectivity index (χ1) is 11.5. The lowest BCUT2D eigenvalue weighted by Gasteiger charge is -2.26. The third kappa shape index (κ3) is 4.90. The van der Waals surface area contributed by atoms with Crippen LogP contribution in [0.4, 0.5) is 32.0 Å². The van der Waals surface area contributed by atoms with E-state index in [9.17, 15) is 31.1 Å². The van der Waals surface area contributed by atoms with Crippen LogP contribution in [0, 0.1) is 0 Å². The van der Waals surface area contributed by atoms with Crippen LogP contribution in [0.5, 0.6) is 0 Å². The van der Waals surface area contributed by atoms with Crippen molar-refractivity contribution in [2.45, 2.75) is 32.1 Å². The molecule has 0 radical (unpaired) electrons. The van der Waals surface area contributed by atoms with Crippen LogP contribution in [-0.4, -0.2) is 24.2 Å². The van der Waals surface area contributed by atoms with Gasteiger partial charge in [-0.25, -0.2) is 0 Å².